The van der Waals surface area contributed by atoms with Crippen molar-refractivity contribution >= 4 is 43.5 Å². The molecule has 0 saturated heterocycles. The second-order valence-electron chi connectivity index (χ2n) is 3.50. The maximum absolute atomic E-state index is 4.19. The van der Waals surface area contributed by atoms with Crippen molar-refractivity contribution in [3.63, 3.8) is 0 Å². The maximum Gasteiger partial charge on any atom is 0.227 e. The highest BCUT2D eigenvalue weighted by atomic mass is 79.9. The molecule has 1 aromatic heterocycles. The van der Waals surface area contributed by atoms with Crippen LogP contribution in [0.2, 0.25) is 0 Å². The van der Waals surface area contributed by atoms with Crippen molar-refractivity contribution < 1.29 is 0 Å². The maximum atomic E-state index is 4.19. The van der Waals surface area contributed by atoms with E-state index < -0.39 is 0 Å². The summed E-state index contributed by atoms with van der Waals surface area (Å²) in [5.74, 6) is 0.602. The highest BCUT2D eigenvalue weighted by molar-refractivity contribution is 9.10. The van der Waals surface area contributed by atoms with Crippen LogP contribution in [0.1, 0.15) is 12.5 Å². The number of nitrogens with zero attached hydrogens (tertiary/aromatic N) is 2. The number of hydrogen-bond donors (Lipinski definition) is 1. The van der Waals surface area contributed by atoms with Crippen LogP contribution in [0.4, 0.5) is 11.6 Å². The van der Waals surface area contributed by atoms with Crippen molar-refractivity contribution in [2.45, 2.75) is 13.3 Å². The molecule has 0 fully saturated rings. The first-order chi connectivity index (χ1) is 8.19. The minimum atomic E-state index is 0.602. The number of aromatic nitrogens is 2. The normalized spacial score (nSPS) is 10.3. The van der Waals surface area contributed by atoms with E-state index in [2.05, 4.69) is 60.1 Å². The van der Waals surface area contributed by atoms with Gasteiger partial charge in [-0.05, 0) is 46.1 Å². The minimum Gasteiger partial charge on any atom is -0.324 e. The molecule has 1 heterocycles. The van der Waals surface area contributed by atoms with E-state index in [0.29, 0.717) is 5.95 Å². The number of aryl methyl sites for hydroxylation is 1. The molecule has 0 amide bonds. The van der Waals surface area contributed by atoms with Gasteiger partial charge in [0.1, 0.15) is 0 Å². The van der Waals surface area contributed by atoms with Gasteiger partial charge in [0, 0.05) is 22.6 Å². The van der Waals surface area contributed by atoms with Crippen LogP contribution in [0.5, 0.6) is 0 Å². The lowest BCUT2D eigenvalue weighted by atomic mass is 10.1. The molecule has 88 valence electrons. The Hall–Kier alpha value is -0.940. The minimum absolute atomic E-state index is 0.602. The van der Waals surface area contributed by atoms with Gasteiger partial charge in [0.05, 0.1) is 4.47 Å². The summed E-state index contributed by atoms with van der Waals surface area (Å²) in [6.07, 6.45) is 4.40. The Bertz CT molecular complexity index is 512. The standard InChI is InChI=1S/C12H11Br2N3/c1-2-8-5-9(13)3-4-11(8)17-12-15-6-10(14)7-16-12/h3-7H,2H2,1H3,(H,15,16,17). The molecule has 17 heavy (non-hydrogen) atoms. The lowest BCUT2D eigenvalue weighted by Crippen LogP contribution is -1.99. The molecular formula is C12H11Br2N3. The fourth-order valence-corrected chi connectivity index (χ4v) is 2.09. The molecule has 5 heteroatoms. The SMILES string of the molecule is CCc1cc(Br)ccc1Nc1ncc(Br)cn1. The van der Waals surface area contributed by atoms with E-state index in [1.807, 2.05) is 12.1 Å². The molecule has 0 bridgehead atoms. The molecule has 0 unspecified atom stereocenters. The third-order valence-electron chi connectivity index (χ3n) is 2.31. The van der Waals surface area contributed by atoms with E-state index in [9.17, 15) is 0 Å². The van der Waals surface area contributed by atoms with Crippen LogP contribution >= 0.6 is 31.9 Å². The summed E-state index contributed by atoms with van der Waals surface area (Å²) in [6.45, 7) is 2.12. The quantitative estimate of drug-likeness (QED) is 0.890. The van der Waals surface area contributed by atoms with E-state index in [1.54, 1.807) is 12.4 Å². The molecule has 0 aliphatic carbocycles. The van der Waals surface area contributed by atoms with Crippen molar-refractivity contribution in [1.29, 1.82) is 0 Å². The highest BCUT2D eigenvalue weighted by Gasteiger charge is 2.03. The summed E-state index contributed by atoms with van der Waals surface area (Å²) in [7, 11) is 0. The number of hydrogen-bond acceptors (Lipinski definition) is 3. The second kappa shape index (κ2) is 5.60. The molecule has 0 saturated carbocycles. The first-order valence-corrected chi connectivity index (χ1v) is 6.80. The first kappa shape index (κ1) is 12.5. The lowest BCUT2D eigenvalue weighted by Gasteiger charge is -2.09. The Morgan fingerprint density at radius 3 is 2.47 bits per heavy atom. The van der Waals surface area contributed by atoms with Gasteiger partial charge in [0.25, 0.3) is 0 Å². The molecule has 0 atom stereocenters. The van der Waals surface area contributed by atoms with Gasteiger partial charge in [-0.2, -0.15) is 0 Å². The van der Waals surface area contributed by atoms with Crippen molar-refractivity contribution in [1.82, 2.24) is 9.97 Å². The van der Waals surface area contributed by atoms with Gasteiger partial charge in [-0.1, -0.05) is 22.9 Å². The number of rotatable bonds is 3. The first-order valence-electron chi connectivity index (χ1n) is 5.22. The molecule has 0 aliphatic heterocycles. The van der Waals surface area contributed by atoms with Crippen molar-refractivity contribution in [2.24, 2.45) is 0 Å². The van der Waals surface area contributed by atoms with Crippen molar-refractivity contribution in [3.8, 4) is 0 Å². The monoisotopic (exact) mass is 355 g/mol. The summed E-state index contributed by atoms with van der Waals surface area (Å²) in [6, 6.07) is 6.12. The van der Waals surface area contributed by atoms with Gasteiger partial charge >= 0.3 is 0 Å². The molecule has 2 rings (SSSR count). The fourth-order valence-electron chi connectivity index (χ4n) is 1.47. The van der Waals surface area contributed by atoms with Gasteiger partial charge in [0.2, 0.25) is 5.95 Å². The van der Waals surface area contributed by atoms with E-state index in [0.717, 1.165) is 21.1 Å². The van der Waals surface area contributed by atoms with Gasteiger partial charge < -0.3 is 5.32 Å². The summed E-state index contributed by atoms with van der Waals surface area (Å²) >= 11 is 6.78. The Kier molecular flexibility index (Phi) is 4.12. The van der Waals surface area contributed by atoms with Gasteiger partial charge in [-0.25, -0.2) is 9.97 Å². The topological polar surface area (TPSA) is 37.8 Å². The molecule has 0 spiro atoms. The average Bonchev–Trinajstić information content (AvgIpc) is 2.34. The van der Waals surface area contributed by atoms with Crippen molar-refractivity contribution in [3.05, 3.63) is 45.1 Å². The van der Waals surface area contributed by atoms with E-state index in [4.69, 9.17) is 0 Å². The predicted molar refractivity (Wildman–Crippen MR) is 76.5 cm³/mol. The number of anilines is 2. The molecular weight excluding hydrogens is 346 g/mol. The molecule has 0 radical (unpaired) electrons. The summed E-state index contributed by atoms with van der Waals surface area (Å²) in [5, 5.41) is 3.21. The Balaban J connectivity index is 2.26. The number of nitrogens with one attached hydrogen (secondary N) is 1. The lowest BCUT2D eigenvalue weighted by molar-refractivity contribution is 1.11. The van der Waals surface area contributed by atoms with Crippen LogP contribution < -0.4 is 5.32 Å². The van der Waals surface area contributed by atoms with E-state index in [-0.39, 0.29) is 0 Å². The van der Waals surface area contributed by atoms with E-state index in [1.165, 1.54) is 5.56 Å². The number of benzene rings is 1. The van der Waals surface area contributed by atoms with Crippen LogP contribution in [0.3, 0.4) is 0 Å². The molecule has 0 aliphatic rings. The van der Waals surface area contributed by atoms with Crippen LogP contribution in [-0.2, 0) is 6.42 Å². The fraction of sp³-hybridized carbons (Fsp3) is 0.167. The molecule has 2 aromatic rings. The summed E-state index contributed by atoms with van der Waals surface area (Å²) in [4.78, 5) is 8.38. The Morgan fingerprint density at radius 1 is 1.12 bits per heavy atom. The third-order valence-corrected chi connectivity index (χ3v) is 3.22. The zero-order valence-corrected chi connectivity index (χ0v) is 12.4. The van der Waals surface area contributed by atoms with Crippen LogP contribution in [-0.4, -0.2) is 9.97 Å². The largest absolute Gasteiger partial charge is 0.324 e. The van der Waals surface area contributed by atoms with Gasteiger partial charge in [-0.3, -0.25) is 0 Å². The van der Waals surface area contributed by atoms with Crippen LogP contribution in [0, 0.1) is 0 Å². The third kappa shape index (κ3) is 3.26. The summed E-state index contributed by atoms with van der Waals surface area (Å²) in [5.41, 5.74) is 2.27. The van der Waals surface area contributed by atoms with Crippen LogP contribution in [0.25, 0.3) is 0 Å². The predicted octanol–water partition coefficient (Wildman–Crippen LogP) is 4.31. The summed E-state index contributed by atoms with van der Waals surface area (Å²) < 4.78 is 1.95. The van der Waals surface area contributed by atoms with Crippen LogP contribution in [0.15, 0.2) is 39.5 Å². The number of halogens is 2. The average molecular weight is 357 g/mol. The molecule has 1 N–H and O–H groups in total. The highest BCUT2D eigenvalue weighted by Crippen LogP contribution is 2.23. The van der Waals surface area contributed by atoms with Crippen molar-refractivity contribution in [2.75, 3.05) is 5.32 Å². The molecule has 1 aromatic carbocycles. The second-order valence-corrected chi connectivity index (χ2v) is 5.34. The smallest absolute Gasteiger partial charge is 0.227 e. The zero-order chi connectivity index (χ0) is 12.3. The van der Waals surface area contributed by atoms with E-state index >= 15 is 0 Å². The Labute approximate surface area is 117 Å². The Morgan fingerprint density at radius 2 is 1.82 bits per heavy atom. The van der Waals surface area contributed by atoms with Gasteiger partial charge in [-0.15, -0.1) is 0 Å². The van der Waals surface area contributed by atoms with Gasteiger partial charge in [0.15, 0.2) is 0 Å². The zero-order valence-electron chi connectivity index (χ0n) is 9.24. The molecule has 3 nitrogen and oxygen atoms in total.